The number of hydrogen-bond acceptors (Lipinski definition) is 5. The van der Waals surface area contributed by atoms with Crippen molar-refractivity contribution in [3.05, 3.63) is 71.9 Å². The lowest BCUT2D eigenvalue weighted by molar-refractivity contribution is -0.141. The van der Waals surface area contributed by atoms with Gasteiger partial charge >= 0.3 is 6.18 Å². The molecule has 0 unspecified atom stereocenters. The predicted octanol–water partition coefficient (Wildman–Crippen LogP) is 5.97. The molecule has 1 heterocycles. The molecule has 1 N–H and O–H groups in total. The molecule has 0 aliphatic carbocycles. The second-order valence-electron chi connectivity index (χ2n) is 6.51. The molecule has 4 aromatic rings. The topological polar surface area (TPSA) is 50.2 Å². The van der Waals surface area contributed by atoms with E-state index in [1.54, 1.807) is 6.21 Å². The van der Waals surface area contributed by atoms with E-state index in [0.29, 0.717) is 0 Å². The minimum Gasteiger partial charge on any atom is -0.261 e. The maximum Gasteiger partial charge on any atom is 0.433 e. The van der Waals surface area contributed by atoms with Crippen LogP contribution in [-0.4, -0.2) is 21.9 Å². The number of anilines is 1. The number of rotatable bonds is 5. The Bertz CT molecular complexity index is 1270. The van der Waals surface area contributed by atoms with Gasteiger partial charge in [-0.3, -0.25) is 5.43 Å². The zero-order valence-electron chi connectivity index (χ0n) is 16.0. The summed E-state index contributed by atoms with van der Waals surface area (Å²) in [4.78, 5) is 7.60. The highest BCUT2D eigenvalue weighted by molar-refractivity contribution is 7.99. The third kappa shape index (κ3) is 4.62. The lowest BCUT2D eigenvalue weighted by Gasteiger charge is -2.10. The van der Waals surface area contributed by atoms with Crippen LogP contribution in [0.3, 0.4) is 0 Å². The summed E-state index contributed by atoms with van der Waals surface area (Å²) in [7, 11) is 0. The minimum atomic E-state index is -4.61. The highest BCUT2D eigenvalue weighted by Gasteiger charge is 2.33. The minimum absolute atomic E-state index is 0.0670. The molecule has 0 bridgehead atoms. The Kier molecular flexibility index (Phi) is 5.78. The van der Waals surface area contributed by atoms with Crippen LogP contribution in [0.15, 0.2) is 70.9 Å². The summed E-state index contributed by atoms with van der Waals surface area (Å²) >= 11 is 0.948. The molecule has 0 atom stereocenters. The number of benzene rings is 3. The lowest BCUT2D eigenvalue weighted by atomic mass is 9.97. The number of aromatic nitrogens is 2. The van der Waals surface area contributed by atoms with Crippen molar-refractivity contribution in [2.45, 2.75) is 11.3 Å². The van der Waals surface area contributed by atoms with Gasteiger partial charge in [-0.15, -0.1) is 6.42 Å². The molecule has 0 fully saturated rings. The Morgan fingerprint density at radius 1 is 1.00 bits per heavy atom. The second-order valence-corrected chi connectivity index (χ2v) is 7.46. The first-order valence-electron chi connectivity index (χ1n) is 9.18. The second kappa shape index (κ2) is 8.66. The number of alkyl halides is 3. The molecule has 0 saturated carbocycles. The number of halogens is 3. The fourth-order valence-corrected chi connectivity index (χ4v) is 3.69. The molecular weight excluding hydrogens is 421 g/mol. The summed E-state index contributed by atoms with van der Waals surface area (Å²) in [6, 6.07) is 18.6. The molecule has 0 aliphatic rings. The Morgan fingerprint density at radius 2 is 1.65 bits per heavy atom. The predicted molar refractivity (Wildman–Crippen MR) is 119 cm³/mol. The van der Waals surface area contributed by atoms with E-state index in [1.165, 1.54) is 0 Å². The molecule has 1 aromatic heterocycles. The van der Waals surface area contributed by atoms with Gasteiger partial charge in [0.15, 0.2) is 16.7 Å². The highest BCUT2D eigenvalue weighted by Crippen LogP contribution is 2.31. The van der Waals surface area contributed by atoms with Gasteiger partial charge in [-0.2, -0.15) is 18.3 Å². The van der Waals surface area contributed by atoms with Crippen LogP contribution in [0.2, 0.25) is 0 Å². The summed E-state index contributed by atoms with van der Waals surface area (Å²) in [5.41, 5.74) is 2.40. The Morgan fingerprint density at radius 3 is 2.26 bits per heavy atom. The Hall–Kier alpha value is -3.57. The molecule has 4 rings (SSSR count). The summed E-state index contributed by atoms with van der Waals surface area (Å²) in [6.45, 7) is 0. The first-order chi connectivity index (χ1) is 15.0. The number of nitrogens with one attached hydrogen (secondary N) is 1. The average Bonchev–Trinajstić information content (AvgIpc) is 2.76. The van der Waals surface area contributed by atoms with Gasteiger partial charge in [0.25, 0.3) is 0 Å². The van der Waals surface area contributed by atoms with E-state index >= 15 is 0 Å². The monoisotopic (exact) mass is 436 g/mol. The van der Waals surface area contributed by atoms with Crippen molar-refractivity contribution in [3.63, 3.8) is 0 Å². The molecule has 0 amide bonds. The molecular formula is C23H15F3N4S. The van der Waals surface area contributed by atoms with Gasteiger partial charge in [0.05, 0.1) is 12.0 Å². The van der Waals surface area contributed by atoms with Crippen LogP contribution in [0.4, 0.5) is 19.0 Å². The van der Waals surface area contributed by atoms with Crippen LogP contribution in [0, 0.1) is 12.3 Å². The van der Waals surface area contributed by atoms with Gasteiger partial charge in [-0.05, 0) is 27.6 Å². The summed E-state index contributed by atoms with van der Waals surface area (Å²) < 4.78 is 39.6. The number of terminal acetylenes is 1. The first-order valence-corrected chi connectivity index (χ1v) is 10.2. The molecule has 3 aromatic carbocycles. The summed E-state index contributed by atoms with van der Waals surface area (Å²) in [5.74, 6) is 2.44. The molecule has 4 nitrogen and oxygen atoms in total. The number of hydrazone groups is 1. The van der Waals surface area contributed by atoms with Crippen LogP contribution >= 0.6 is 11.8 Å². The van der Waals surface area contributed by atoms with E-state index in [0.717, 1.165) is 44.9 Å². The van der Waals surface area contributed by atoms with Gasteiger partial charge in [-0.25, -0.2) is 9.97 Å². The van der Waals surface area contributed by atoms with Crippen molar-refractivity contribution in [3.8, 4) is 12.3 Å². The molecule has 0 saturated heterocycles. The summed E-state index contributed by atoms with van der Waals surface area (Å²) in [6.07, 6.45) is 2.17. The maximum absolute atomic E-state index is 13.2. The van der Waals surface area contributed by atoms with Gasteiger partial charge < -0.3 is 0 Å². The standard InChI is InChI=1S/C23H15F3N4S/c1-2-11-31-22-28-20(23(24,25)26)13-21(29-22)30-27-14-19-17-9-5-3-7-15(17)12-16-8-4-6-10-18(16)19/h1,3-10,12-14H,11H2,(H,28,29,30). The van der Waals surface area contributed by atoms with E-state index in [1.807, 2.05) is 48.5 Å². The zero-order valence-corrected chi connectivity index (χ0v) is 16.8. The molecule has 154 valence electrons. The molecule has 31 heavy (non-hydrogen) atoms. The van der Waals surface area contributed by atoms with E-state index in [9.17, 15) is 13.2 Å². The van der Waals surface area contributed by atoms with E-state index in [4.69, 9.17) is 6.42 Å². The number of fused-ring (bicyclic) bond motifs is 2. The molecule has 0 radical (unpaired) electrons. The highest BCUT2D eigenvalue weighted by atomic mass is 32.2. The van der Waals surface area contributed by atoms with Crippen molar-refractivity contribution in [1.82, 2.24) is 9.97 Å². The van der Waals surface area contributed by atoms with Crippen LogP contribution in [-0.2, 0) is 6.18 Å². The quantitative estimate of drug-likeness (QED) is 0.105. The van der Waals surface area contributed by atoms with Crippen molar-refractivity contribution < 1.29 is 13.2 Å². The smallest absolute Gasteiger partial charge is 0.261 e. The fourth-order valence-electron chi connectivity index (χ4n) is 3.15. The lowest BCUT2D eigenvalue weighted by Crippen LogP contribution is -2.10. The normalized spacial score (nSPS) is 11.8. The third-order valence-corrected chi connectivity index (χ3v) is 5.22. The molecule has 0 aliphatic heterocycles. The largest absolute Gasteiger partial charge is 0.433 e. The van der Waals surface area contributed by atoms with Crippen molar-refractivity contribution in [2.75, 3.05) is 11.2 Å². The Labute approximate surface area is 180 Å². The first kappa shape index (κ1) is 20.7. The van der Waals surface area contributed by atoms with Crippen molar-refractivity contribution >= 4 is 45.3 Å². The van der Waals surface area contributed by atoms with Gasteiger partial charge in [0.1, 0.15) is 0 Å². The van der Waals surface area contributed by atoms with Crippen molar-refractivity contribution in [2.24, 2.45) is 5.10 Å². The number of hydrogen-bond donors (Lipinski definition) is 1. The molecule has 8 heteroatoms. The SMILES string of the molecule is C#CCSc1nc(NN=Cc2c3ccccc3cc3ccccc23)cc(C(F)(F)F)n1. The van der Waals surface area contributed by atoms with Gasteiger partial charge in [0.2, 0.25) is 0 Å². The van der Waals surface area contributed by atoms with E-state index in [-0.39, 0.29) is 16.7 Å². The maximum atomic E-state index is 13.2. The fraction of sp³-hybridized carbons (Fsp3) is 0.0870. The Balaban J connectivity index is 1.72. The van der Waals surface area contributed by atoms with E-state index in [2.05, 4.69) is 32.5 Å². The van der Waals surface area contributed by atoms with E-state index < -0.39 is 11.9 Å². The zero-order chi connectivity index (χ0) is 21.8. The third-order valence-electron chi connectivity index (χ3n) is 4.47. The average molecular weight is 436 g/mol. The van der Waals surface area contributed by atoms with Crippen LogP contribution in [0.1, 0.15) is 11.3 Å². The van der Waals surface area contributed by atoms with Crippen LogP contribution < -0.4 is 5.43 Å². The van der Waals surface area contributed by atoms with Gasteiger partial charge in [0, 0.05) is 11.6 Å². The summed E-state index contributed by atoms with van der Waals surface area (Å²) in [5, 5.41) is 8.15. The van der Waals surface area contributed by atoms with Crippen LogP contribution in [0.5, 0.6) is 0 Å². The number of nitrogens with zero attached hydrogens (tertiary/aromatic N) is 3. The van der Waals surface area contributed by atoms with Crippen molar-refractivity contribution in [1.29, 1.82) is 0 Å². The van der Waals surface area contributed by atoms with Crippen LogP contribution in [0.25, 0.3) is 21.5 Å². The molecule has 0 spiro atoms. The van der Waals surface area contributed by atoms with Gasteiger partial charge in [-0.1, -0.05) is 66.2 Å². The number of thioether (sulfide) groups is 1.